The van der Waals surface area contributed by atoms with E-state index in [1.165, 1.54) is 12.1 Å². The minimum absolute atomic E-state index is 0.0406. The SMILES string of the molecule is O=C1CCc2ccc(F)cc2N1Cc1ccccc1Br. The fourth-order valence-corrected chi connectivity index (χ4v) is 2.89. The number of hydrogen-bond donors (Lipinski definition) is 0. The largest absolute Gasteiger partial charge is 0.308 e. The Labute approximate surface area is 125 Å². The molecular formula is C16H13BrFNO. The standard InChI is InChI=1S/C16H13BrFNO/c17-14-4-2-1-3-12(14)10-19-15-9-13(18)7-5-11(15)6-8-16(19)20/h1-5,7,9H,6,8,10H2. The number of nitrogens with zero attached hydrogens (tertiary/aromatic N) is 1. The Balaban J connectivity index is 1.99. The van der Waals surface area contributed by atoms with Crippen LogP contribution in [0, 0.1) is 5.82 Å². The molecule has 2 aromatic rings. The Kier molecular flexibility index (Phi) is 3.57. The number of carbonyl (C=O) groups is 1. The van der Waals surface area contributed by atoms with Crippen LogP contribution in [-0.4, -0.2) is 5.91 Å². The number of carbonyl (C=O) groups excluding carboxylic acids is 1. The van der Waals surface area contributed by atoms with Crippen LogP contribution in [0.3, 0.4) is 0 Å². The van der Waals surface area contributed by atoms with Crippen molar-refractivity contribution in [1.82, 2.24) is 0 Å². The van der Waals surface area contributed by atoms with Crippen molar-refractivity contribution in [2.45, 2.75) is 19.4 Å². The van der Waals surface area contributed by atoms with Gasteiger partial charge in [-0.15, -0.1) is 0 Å². The summed E-state index contributed by atoms with van der Waals surface area (Å²) in [7, 11) is 0. The van der Waals surface area contributed by atoms with Crippen LogP contribution in [-0.2, 0) is 17.8 Å². The average Bonchev–Trinajstić information content (AvgIpc) is 2.44. The molecule has 20 heavy (non-hydrogen) atoms. The van der Waals surface area contributed by atoms with Crippen LogP contribution < -0.4 is 4.90 Å². The Bertz CT molecular complexity index is 671. The van der Waals surface area contributed by atoms with Crippen LogP contribution in [0.2, 0.25) is 0 Å². The third kappa shape index (κ3) is 2.48. The van der Waals surface area contributed by atoms with Gasteiger partial charge in [-0.3, -0.25) is 4.79 Å². The number of fused-ring (bicyclic) bond motifs is 1. The summed E-state index contributed by atoms with van der Waals surface area (Å²) >= 11 is 3.49. The van der Waals surface area contributed by atoms with E-state index in [1.54, 1.807) is 11.0 Å². The fraction of sp³-hybridized carbons (Fsp3) is 0.188. The number of rotatable bonds is 2. The summed E-state index contributed by atoms with van der Waals surface area (Å²) in [5.41, 5.74) is 2.73. The van der Waals surface area contributed by atoms with Gasteiger partial charge in [0.25, 0.3) is 0 Å². The third-order valence-electron chi connectivity index (χ3n) is 3.53. The van der Waals surface area contributed by atoms with E-state index in [0.717, 1.165) is 15.6 Å². The molecule has 0 spiro atoms. The van der Waals surface area contributed by atoms with E-state index in [1.807, 2.05) is 24.3 Å². The lowest BCUT2D eigenvalue weighted by atomic mass is 10.0. The van der Waals surface area contributed by atoms with E-state index in [0.29, 0.717) is 25.1 Å². The first kappa shape index (κ1) is 13.3. The normalized spacial score (nSPS) is 14.3. The molecule has 2 aromatic carbocycles. The molecule has 0 atom stereocenters. The molecule has 0 saturated heterocycles. The number of hydrogen-bond acceptors (Lipinski definition) is 1. The quantitative estimate of drug-likeness (QED) is 0.811. The minimum Gasteiger partial charge on any atom is -0.308 e. The van der Waals surface area contributed by atoms with Gasteiger partial charge in [0, 0.05) is 10.9 Å². The number of amides is 1. The summed E-state index contributed by atoms with van der Waals surface area (Å²) < 4.78 is 14.4. The van der Waals surface area contributed by atoms with Crippen molar-refractivity contribution in [2.24, 2.45) is 0 Å². The first-order chi connectivity index (χ1) is 9.65. The second-order valence-corrected chi connectivity index (χ2v) is 5.70. The molecule has 1 aliphatic rings. The Morgan fingerprint density at radius 1 is 1.15 bits per heavy atom. The van der Waals surface area contributed by atoms with Gasteiger partial charge >= 0.3 is 0 Å². The molecule has 0 N–H and O–H groups in total. The van der Waals surface area contributed by atoms with Gasteiger partial charge in [-0.2, -0.15) is 0 Å². The van der Waals surface area contributed by atoms with Gasteiger partial charge < -0.3 is 4.90 Å². The Morgan fingerprint density at radius 2 is 1.95 bits per heavy atom. The number of aryl methyl sites for hydroxylation is 1. The lowest BCUT2D eigenvalue weighted by Gasteiger charge is -2.29. The molecule has 1 aliphatic heterocycles. The first-order valence-electron chi connectivity index (χ1n) is 6.47. The van der Waals surface area contributed by atoms with Crippen LogP contribution in [0.25, 0.3) is 0 Å². The monoisotopic (exact) mass is 333 g/mol. The summed E-state index contributed by atoms with van der Waals surface area (Å²) in [6.07, 6.45) is 1.16. The summed E-state index contributed by atoms with van der Waals surface area (Å²) in [4.78, 5) is 13.8. The molecule has 0 bridgehead atoms. The molecule has 1 heterocycles. The van der Waals surface area contributed by atoms with Crippen molar-refractivity contribution >= 4 is 27.5 Å². The minimum atomic E-state index is -0.310. The van der Waals surface area contributed by atoms with Crippen molar-refractivity contribution in [3.05, 3.63) is 63.9 Å². The molecule has 0 fully saturated rings. The predicted octanol–water partition coefficient (Wildman–Crippen LogP) is 4.07. The fourth-order valence-electron chi connectivity index (χ4n) is 2.48. The summed E-state index contributed by atoms with van der Waals surface area (Å²) in [5, 5.41) is 0. The molecular weight excluding hydrogens is 321 g/mol. The maximum Gasteiger partial charge on any atom is 0.227 e. The zero-order chi connectivity index (χ0) is 14.1. The second-order valence-electron chi connectivity index (χ2n) is 4.84. The molecule has 0 aliphatic carbocycles. The van der Waals surface area contributed by atoms with E-state index < -0.39 is 0 Å². The van der Waals surface area contributed by atoms with Crippen molar-refractivity contribution in [3.8, 4) is 0 Å². The van der Waals surface area contributed by atoms with Gasteiger partial charge in [-0.25, -0.2) is 4.39 Å². The molecule has 0 radical (unpaired) electrons. The predicted molar refractivity (Wildman–Crippen MR) is 80.1 cm³/mol. The van der Waals surface area contributed by atoms with Crippen LogP contribution in [0.15, 0.2) is 46.9 Å². The van der Waals surface area contributed by atoms with Gasteiger partial charge in [0.2, 0.25) is 5.91 Å². The molecule has 4 heteroatoms. The highest BCUT2D eigenvalue weighted by Gasteiger charge is 2.25. The van der Waals surface area contributed by atoms with Crippen molar-refractivity contribution < 1.29 is 9.18 Å². The van der Waals surface area contributed by atoms with Gasteiger partial charge in [-0.1, -0.05) is 40.2 Å². The molecule has 3 rings (SSSR count). The first-order valence-corrected chi connectivity index (χ1v) is 7.26. The topological polar surface area (TPSA) is 20.3 Å². The van der Waals surface area contributed by atoms with E-state index in [2.05, 4.69) is 15.9 Å². The average molecular weight is 334 g/mol. The Morgan fingerprint density at radius 3 is 2.75 bits per heavy atom. The van der Waals surface area contributed by atoms with Crippen LogP contribution in [0.4, 0.5) is 10.1 Å². The maximum atomic E-state index is 13.5. The van der Waals surface area contributed by atoms with E-state index in [9.17, 15) is 9.18 Å². The van der Waals surface area contributed by atoms with Crippen molar-refractivity contribution in [1.29, 1.82) is 0 Å². The van der Waals surface area contributed by atoms with Gasteiger partial charge in [0.05, 0.1) is 12.2 Å². The number of anilines is 1. The number of halogens is 2. The van der Waals surface area contributed by atoms with Crippen LogP contribution >= 0.6 is 15.9 Å². The smallest absolute Gasteiger partial charge is 0.227 e. The summed E-state index contributed by atoms with van der Waals surface area (Å²) in [5.74, 6) is -0.269. The lowest BCUT2D eigenvalue weighted by Crippen LogP contribution is -2.34. The highest BCUT2D eigenvalue weighted by molar-refractivity contribution is 9.10. The second kappa shape index (κ2) is 5.37. The van der Waals surface area contributed by atoms with Gasteiger partial charge in [-0.05, 0) is 35.7 Å². The molecule has 2 nitrogen and oxygen atoms in total. The van der Waals surface area contributed by atoms with E-state index >= 15 is 0 Å². The Hall–Kier alpha value is -1.68. The highest BCUT2D eigenvalue weighted by Crippen LogP contribution is 2.31. The molecule has 0 saturated carbocycles. The highest BCUT2D eigenvalue weighted by atomic mass is 79.9. The van der Waals surface area contributed by atoms with Crippen molar-refractivity contribution in [3.63, 3.8) is 0 Å². The van der Waals surface area contributed by atoms with Crippen LogP contribution in [0.5, 0.6) is 0 Å². The van der Waals surface area contributed by atoms with Crippen molar-refractivity contribution in [2.75, 3.05) is 4.90 Å². The zero-order valence-corrected chi connectivity index (χ0v) is 12.4. The summed E-state index contributed by atoms with van der Waals surface area (Å²) in [6, 6.07) is 12.4. The van der Waals surface area contributed by atoms with Crippen LogP contribution in [0.1, 0.15) is 17.5 Å². The number of benzene rings is 2. The summed E-state index contributed by atoms with van der Waals surface area (Å²) in [6.45, 7) is 0.455. The molecule has 1 amide bonds. The lowest BCUT2D eigenvalue weighted by molar-refractivity contribution is -0.119. The third-order valence-corrected chi connectivity index (χ3v) is 4.31. The molecule has 0 aromatic heterocycles. The molecule has 0 unspecified atom stereocenters. The zero-order valence-electron chi connectivity index (χ0n) is 10.8. The van der Waals surface area contributed by atoms with E-state index in [4.69, 9.17) is 0 Å². The molecule has 102 valence electrons. The van der Waals surface area contributed by atoms with Gasteiger partial charge in [0.15, 0.2) is 0 Å². The van der Waals surface area contributed by atoms with E-state index in [-0.39, 0.29) is 11.7 Å². The maximum absolute atomic E-state index is 13.5. The van der Waals surface area contributed by atoms with Gasteiger partial charge in [0.1, 0.15) is 5.82 Å².